The first-order chi connectivity index (χ1) is 9.72. The second-order valence-electron chi connectivity index (χ2n) is 6.93. The lowest BCUT2D eigenvalue weighted by atomic mass is 9.96. The maximum atomic E-state index is 9.36. The second-order valence-corrected chi connectivity index (χ2v) is 6.93. The molecule has 1 saturated carbocycles. The first-order valence-corrected chi connectivity index (χ1v) is 8.63. The lowest BCUT2D eigenvalue weighted by molar-refractivity contribution is 0.239. The molecule has 0 amide bonds. The van der Waals surface area contributed by atoms with Gasteiger partial charge in [-0.1, -0.05) is 19.3 Å². The van der Waals surface area contributed by atoms with Crippen LogP contribution in [0.1, 0.15) is 71.1 Å². The highest BCUT2D eigenvalue weighted by Crippen LogP contribution is 2.24. The van der Waals surface area contributed by atoms with Crippen molar-refractivity contribution < 1.29 is 0 Å². The molecule has 1 unspecified atom stereocenters. The van der Waals surface area contributed by atoms with E-state index in [1.54, 1.807) is 0 Å². The van der Waals surface area contributed by atoms with Crippen LogP contribution in [0, 0.1) is 11.3 Å². The van der Waals surface area contributed by atoms with Crippen LogP contribution in [0.4, 0.5) is 0 Å². The standard InChI is InChI=1S/C17H31N3/c1-17(15-18,19-16-9-10-16)11-5-8-14-20-12-6-3-2-4-7-13-20/h16,19H,2-14H2,1H3. The van der Waals surface area contributed by atoms with Gasteiger partial charge in [0.25, 0.3) is 0 Å². The Labute approximate surface area is 124 Å². The number of rotatable bonds is 7. The van der Waals surface area contributed by atoms with Crippen LogP contribution in [0.2, 0.25) is 0 Å². The summed E-state index contributed by atoms with van der Waals surface area (Å²) in [5, 5.41) is 12.9. The molecule has 2 fully saturated rings. The fraction of sp³-hybridized carbons (Fsp3) is 0.941. The minimum Gasteiger partial charge on any atom is -0.303 e. The van der Waals surface area contributed by atoms with Crippen molar-refractivity contribution in [2.75, 3.05) is 19.6 Å². The van der Waals surface area contributed by atoms with Gasteiger partial charge in [-0.2, -0.15) is 5.26 Å². The molecule has 1 saturated heterocycles. The molecule has 3 heteroatoms. The van der Waals surface area contributed by atoms with Crippen molar-refractivity contribution in [1.82, 2.24) is 10.2 Å². The first kappa shape index (κ1) is 15.8. The fourth-order valence-electron chi connectivity index (χ4n) is 3.19. The summed E-state index contributed by atoms with van der Waals surface area (Å²) in [6, 6.07) is 3.10. The van der Waals surface area contributed by atoms with E-state index in [-0.39, 0.29) is 5.54 Å². The molecular formula is C17H31N3. The molecule has 2 aliphatic rings. The molecule has 1 N–H and O–H groups in total. The highest BCUT2D eigenvalue weighted by atomic mass is 15.1. The largest absolute Gasteiger partial charge is 0.303 e. The Hall–Kier alpha value is -0.590. The normalized spacial score (nSPS) is 24.4. The van der Waals surface area contributed by atoms with Crippen LogP contribution in [0.15, 0.2) is 0 Å². The van der Waals surface area contributed by atoms with Crippen LogP contribution in [0.5, 0.6) is 0 Å². The molecule has 0 radical (unpaired) electrons. The number of nitriles is 1. The number of hydrogen-bond donors (Lipinski definition) is 1. The van der Waals surface area contributed by atoms with Gasteiger partial charge in [-0.05, 0) is 71.5 Å². The van der Waals surface area contributed by atoms with Crippen molar-refractivity contribution in [3.63, 3.8) is 0 Å². The van der Waals surface area contributed by atoms with E-state index < -0.39 is 0 Å². The highest BCUT2D eigenvalue weighted by molar-refractivity contribution is 5.06. The second kappa shape index (κ2) is 8.00. The predicted octanol–water partition coefficient (Wildman–Crippen LogP) is 3.46. The molecular weight excluding hydrogens is 246 g/mol. The SMILES string of the molecule is CC(C#N)(CCCCN1CCCCCCC1)NC1CC1. The fourth-order valence-corrected chi connectivity index (χ4v) is 3.19. The van der Waals surface area contributed by atoms with E-state index in [0.717, 1.165) is 6.42 Å². The number of likely N-dealkylation sites (tertiary alicyclic amines) is 1. The van der Waals surface area contributed by atoms with Gasteiger partial charge in [0.15, 0.2) is 0 Å². The summed E-state index contributed by atoms with van der Waals surface area (Å²) >= 11 is 0. The van der Waals surface area contributed by atoms with E-state index in [1.165, 1.54) is 77.4 Å². The summed E-state index contributed by atoms with van der Waals surface area (Å²) < 4.78 is 0. The molecule has 1 atom stereocenters. The average Bonchev–Trinajstić information content (AvgIpc) is 3.20. The summed E-state index contributed by atoms with van der Waals surface area (Å²) in [6.45, 7) is 5.87. The lowest BCUT2D eigenvalue weighted by Gasteiger charge is -2.26. The van der Waals surface area contributed by atoms with Gasteiger partial charge in [-0.3, -0.25) is 5.32 Å². The van der Waals surface area contributed by atoms with Crippen molar-refractivity contribution in [3.8, 4) is 6.07 Å². The molecule has 1 heterocycles. The Balaban J connectivity index is 1.60. The number of unbranched alkanes of at least 4 members (excludes halogenated alkanes) is 1. The summed E-state index contributed by atoms with van der Waals surface area (Å²) in [5.41, 5.74) is -0.294. The quantitative estimate of drug-likeness (QED) is 0.724. The topological polar surface area (TPSA) is 39.1 Å². The van der Waals surface area contributed by atoms with E-state index in [9.17, 15) is 5.26 Å². The van der Waals surface area contributed by atoms with E-state index in [2.05, 4.69) is 23.2 Å². The Morgan fingerprint density at radius 3 is 2.35 bits per heavy atom. The molecule has 2 rings (SSSR count). The highest BCUT2D eigenvalue weighted by Gasteiger charge is 2.31. The van der Waals surface area contributed by atoms with E-state index in [1.807, 2.05) is 0 Å². The number of nitrogens with one attached hydrogen (secondary N) is 1. The van der Waals surface area contributed by atoms with Crippen LogP contribution < -0.4 is 5.32 Å². The molecule has 114 valence electrons. The third kappa shape index (κ3) is 5.81. The van der Waals surface area contributed by atoms with Gasteiger partial charge in [-0.15, -0.1) is 0 Å². The van der Waals surface area contributed by atoms with Crippen molar-refractivity contribution >= 4 is 0 Å². The van der Waals surface area contributed by atoms with Crippen LogP contribution in [-0.4, -0.2) is 36.1 Å². The Bertz CT molecular complexity index is 311. The van der Waals surface area contributed by atoms with Gasteiger partial charge >= 0.3 is 0 Å². The van der Waals surface area contributed by atoms with Crippen LogP contribution >= 0.6 is 0 Å². The predicted molar refractivity (Wildman–Crippen MR) is 83.6 cm³/mol. The van der Waals surface area contributed by atoms with Crippen LogP contribution in [-0.2, 0) is 0 Å². The van der Waals surface area contributed by atoms with Gasteiger partial charge in [-0.25, -0.2) is 0 Å². The van der Waals surface area contributed by atoms with E-state index in [0.29, 0.717) is 6.04 Å². The van der Waals surface area contributed by atoms with Crippen molar-refractivity contribution in [2.24, 2.45) is 0 Å². The summed E-state index contributed by atoms with van der Waals surface area (Å²) in [6.07, 6.45) is 12.9. The average molecular weight is 277 g/mol. The molecule has 0 aromatic heterocycles. The molecule has 1 aliphatic carbocycles. The van der Waals surface area contributed by atoms with Crippen LogP contribution in [0.3, 0.4) is 0 Å². The van der Waals surface area contributed by atoms with E-state index >= 15 is 0 Å². The van der Waals surface area contributed by atoms with Crippen LogP contribution in [0.25, 0.3) is 0 Å². The third-order valence-corrected chi connectivity index (χ3v) is 4.70. The first-order valence-electron chi connectivity index (χ1n) is 8.63. The summed E-state index contributed by atoms with van der Waals surface area (Å²) in [5.74, 6) is 0. The lowest BCUT2D eigenvalue weighted by Crippen LogP contribution is -2.42. The number of hydrogen-bond acceptors (Lipinski definition) is 3. The minimum absolute atomic E-state index is 0.294. The van der Waals surface area contributed by atoms with Crippen molar-refractivity contribution in [1.29, 1.82) is 5.26 Å². The Morgan fingerprint density at radius 2 is 1.75 bits per heavy atom. The molecule has 0 spiro atoms. The Kier molecular flexibility index (Phi) is 6.32. The molecule has 20 heavy (non-hydrogen) atoms. The van der Waals surface area contributed by atoms with E-state index in [4.69, 9.17) is 0 Å². The summed E-state index contributed by atoms with van der Waals surface area (Å²) in [7, 11) is 0. The van der Waals surface area contributed by atoms with Gasteiger partial charge < -0.3 is 4.90 Å². The van der Waals surface area contributed by atoms with Crippen molar-refractivity contribution in [3.05, 3.63) is 0 Å². The monoisotopic (exact) mass is 277 g/mol. The van der Waals surface area contributed by atoms with Gasteiger partial charge in [0.2, 0.25) is 0 Å². The Morgan fingerprint density at radius 1 is 1.10 bits per heavy atom. The smallest absolute Gasteiger partial charge is 0.104 e. The maximum Gasteiger partial charge on any atom is 0.104 e. The third-order valence-electron chi connectivity index (χ3n) is 4.70. The zero-order valence-corrected chi connectivity index (χ0v) is 13.2. The molecule has 0 aromatic carbocycles. The van der Waals surface area contributed by atoms with Gasteiger partial charge in [0, 0.05) is 6.04 Å². The molecule has 0 bridgehead atoms. The summed E-state index contributed by atoms with van der Waals surface area (Å²) in [4.78, 5) is 2.64. The zero-order chi connectivity index (χ0) is 14.3. The van der Waals surface area contributed by atoms with Crippen molar-refractivity contribution in [2.45, 2.75) is 82.7 Å². The van der Waals surface area contributed by atoms with Gasteiger partial charge in [0.05, 0.1) is 6.07 Å². The maximum absolute atomic E-state index is 9.36. The number of nitrogens with zero attached hydrogens (tertiary/aromatic N) is 2. The molecule has 3 nitrogen and oxygen atoms in total. The molecule has 1 aliphatic heterocycles. The zero-order valence-electron chi connectivity index (χ0n) is 13.2. The molecule has 0 aromatic rings. The van der Waals surface area contributed by atoms with Gasteiger partial charge in [0.1, 0.15) is 5.54 Å². The minimum atomic E-state index is -0.294.